The highest BCUT2D eigenvalue weighted by Crippen LogP contribution is 2.38. The minimum Gasteiger partial charge on any atom is -0.331 e. The van der Waals surface area contributed by atoms with Crippen molar-refractivity contribution in [3.8, 4) is 0 Å². The molecule has 1 aromatic carbocycles. The molecule has 168 valence electrons. The van der Waals surface area contributed by atoms with Crippen molar-refractivity contribution in [1.29, 1.82) is 0 Å². The molecule has 0 radical (unpaired) electrons. The lowest BCUT2D eigenvalue weighted by Gasteiger charge is -2.38. The van der Waals surface area contributed by atoms with Crippen molar-refractivity contribution in [2.45, 2.75) is 58.5 Å². The summed E-state index contributed by atoms with van der Waals surface area (Å²) in [5.74, 6) is -0.00866. The van der Waals surface area contributed by atoms with Gasteiger partial charge in [0.15, 0.2) is 0 Å². The van der Waals surface area contributed by atoms with Crippen LogP contribution in [0.5, 0.6) is 0 Å². The minimum absolute atomic E-state index is 0.00866. The number of hydrogen-bond donors (Lipinski definition) is 0. The summed E-state index contributed by atoms with van der Waals surface area (Å²) in [4.78, 5) is 32.6. The number of rotatable bonds is 4. The van der Waals surface area contributed by atoms with E-state index in [1.807, 2.05) is 18.7 Å². The van der Waals surface area contributed by atoms with E-state index < -0.39 is 0 Å². The zero-order chi connectivity index (χ0) is 22.9. The van der Waals surface area contributed by atoms with E-state index >= 15 is 0 Å². The van der Waals surface area contributed by atoms with Crippen molar-refractivity contribution in [3.63, 3.8) is 0 Å². The van der Waals surface area contributed by atoms with Gasteiger partial charge in [-0.1, -0.05) is 45.0 Å². The smallest absolute Gasteiger partial charge is 0.320 e. The van der Waals surface area contributed by atoms with Gasteiger partial charge in [-0.15, -0.1) is 11.3 Å². The molecule has 6 heteroatoms. The van der Waals surface area contributed by atoms with Crippen LogP contribution in [0.4, 0.5) is 4.79 Å². The van der Waals surface area contributed by atoms with E-state index in [0.29, 0.717) is 6.54 Å². The van der Waals surface area contributed by atoms with Crippen LogP contribution in [-0.2, 0) is 16.6 Å². The third kappa shape index (κ3) is 4.95. The molecule has 5 nitrogen and oxygen atoms in total. The molecule has 3 rings (SSSR count). The maximum atomic E-state index is 13.5. The Morgan fingerprint density at radius 2 is 1.77 bits per heavy atom. The second-order valence-corrected chi connectivity index (χ2v) is 10.8. The first-order valence-electron chi connectivity index (χ1n) is 10.9. The molecule has 1 aliphatic heterocycles. The van der Waals surface area contributed by atoms with E-state index in [0.717, 1.165) is 12.0 Å². The van der Waals surface area contributed by atoms with Gasteiger partial charge in [-0.2, -0.15) is 0 Å². The predicted molar refractivity (Wildman–Crippen MR) is 128 cm³/mol. The Kier molecular flexibility index (Phi) is 6.79. The number of thiophene rings is 1. The van der Waals surface area contributed by atoms with Crippen molar-refractivity contribution in [3.05, 3.63) is 57.3 Å². The Morgan fingerprint density at radius 1 is 1.13 bits per heavy atom. The standard InChI is InChI=1S/C25H35N3O2S/c1-17(2)28(24(30)26(6)7)16-22(29)27-14-12-21-20(13-15-31-21)23(27)18-8-10-19(11-9-18)25(3,4)5/h8-11,13,15,17,23H,12,14,16H2,1-7H3. The Balaban J connectivity index is 1.93. The van der Waals surface area contributed by atoms with E-state index in [2.05, 4.69) is 56.5 Å². The fourth-order valence-corrected chi connectivity index (χ4v) is 4.98. The first-order valence-corrected chi connectivity index (χ1v) is 11.8. The van der Waals surface area contributed by atoms with Gasteiger partial charge in [-0.05, 0) is 53.8 Å². The average molecular weight is 442 g/mol. The highest BCUT2D eigenvalue weighted by molar-refractivity contribution is 7.10. The Hall–Kier alpha value is -2.34. The van der Waals surface area contributed by atoms with Crippen molar-refractivity contribution in [2.75, 3.05) is 27.2 Å². The highest BCUT2D eigenvalue weighted by Gasteiger charge is 2.34. The molecule has 0 spiro atoms. The summed E-state index contributed by atoms with van der Waals surface area (Å²) >= 11 is 1.76. The van der Waals surface area contributed by atoms with Gasteiger partial charge in [0.05, 0.1) is 6.04 Å². The molecule has 0 saturated carbocycles. The number of benzene rings is 1. The molecule has 1 aliphatic rings. The summed E-state index contributed by atoms with van der Waals surface area (Å²) in [7, 11) is 3.45. The first-order chi connectivity index (χ1) is 14.5. The number of carbonyl (C=O) groups is 2. The van der Waals surface area contributed by atoms with E-state index in [9.17, 15) is 9.59 Å². The number of nitrogens with zero attached hydrogens (tertiary/aromatic N) is 3. The molecule has 1 atom stereocenters. The normalized spacial score (nSPS) is 16.3. The van der Waals surface area contributed by atoms with E-state index in [4.69, 9.17) is 0 Å². The first kappa shape index (κ1) is 23.3. The van der Waals surface area contributed by atoms with Crippen LogP contribution >= 0.6 is 11.3 Å². The quantitative estimate of drug-likeness (QED) is 0.676. The summed E-state index contributed by atoms with van der Waals surface area (Å²) in [5.41, 5.74) is 3.69. The van der Waals surface area contributed by atoms with Crippen LogP contribution in [-0.4, -0.2) is 59.9 Å². The topological polar surface area (TPSA) is 43.9 Å². The van der Waals surface area contributed by atoms with Gasteiger partial charge in [0, 0.05) is 31.6 Å². The van der Waals surface area contributed by atoms with Gasteiger partial charge >= 0.3 is 6.03 Å². The number of fused-ring (bicyclic) bond motifs is 1. The predicted octanol–water partition coefficient (Wildman–Crippen LogP) is 4.91. The second-order valence-electron chi connectivity index (χ2n) is 9.81. The molecule has 1 unspecified atom stereocenters. The van der Waals surface area contributed by atoms with Crippen LogP contribution in [0, 0.1) is 0 Å². The van der Waals surface area contributed by atoms with Crippen molar-refractivity contribution in [1.82, 2.24) is 14.7 Å². The van der Waals surface area contributed by atoms with Gasteiger partial charge in [0.2, 0.25) is 5.91 Å². The maximum Gasteiger partial charge on any atom is 0.320 e. The van der Waals surface area contributed by atoms with Crippen molar-refractivity contribution < 1.29 is 9.59 Å². The van der Waals surface area contributed by atoms with Crippen LogP contribution < -0.4 is 0 Å². The number of carbonyl (C=O) groups excluding carboxylic acids is 2. The average Bonchev–Trinajstić information content (AvgIpc) is 3.18. The van der Waals surface area contributed by atoms with Crippen LogP contribution in [0.15, 0.2) is 35.7 Å². The molecule has 0 aliphatic carbocycles. The zero-order valence-electron chi connectivity index (χ0n) is 19.8. The SMILES string of the molecule is CC(C)N(CC(=O)N1CCc2sccc2C1c1ccc(C(C)(C)C)cc1)C(=O)N(C)C. The summed E-state index contributed by atoms with van der Waals surface area (Å²) in [6, 6.07) is 10.5. The fourth-order valence-electron chi connectivity index (χ4n) is 4.07. The summed E-state index contributed by atoms with van der Waals surface area (Å²) < 4.78 is 0. The van der Waals surface area contributed by atoms with Gasteiger partial charge in [0.1, 0.15) is 6.54 Å². The lowest BCUT2D eigenvalue weighted by atomic mass is 9.85. The lowest BCUT2D eigenvalue weighted by Crippen LogP contribution is -2.51. The minimum atomic E-state index is -0.136. The number of urea groups is 1. The number of amides is 3. The fraction of sp³-hybridized carbons (Fsp3) is 0.520. The Labute approximate surface area is 190 Å². The number of hydrogen-bond acceptors (Lipinski definition) is 3. The molecule has 0 saturated heterocycles. The molecule has 0 bridgehead atoms. The van der Waals surface area contributed by atoms with Gasteiger partial charge in [-0.25, -0.2) is 4.79 Å². The molecule has 0 N–H and O–H groups in total. The largest absolute Gasteiger partial charge is 0.331 e. The molecule has 3 amide bonds. The Morgan fingerprint density at radius 3 is 2.32 bits per heavy atom. The van der Waals surface area contributed by atoms with E-state index in [1.165, 1.54) is 20.9 Å². The highest BCUT2D eigenvalue weighted by atomic mass is 32.1. The summed E-state index contributed by atoms with van der Waals surface area (Å²) in [6.45, 7) is 11.3. The molecule has 2 aromatic rings. The van der Waals surface area contributed by atoms with Gasteiger partial charge < -0.3 is 14.7 Å². The third-order valence-corrected chi connectivity index (χ3v) is 6.93. The third-order valence-electron chi connectivity index (χ3n) is 5.94. The molecule has 2 heterocycles. The molecular formula is C25H35N3O2S. The van der Waals surface area contributed by atoms with Crippen LogP contribution in [0.3, 0.4) is 0 Å². The van der Waals surface area contributed by atoms with Crippen molar-refractivity contribution in [2.24, 2.45) is 0 Å². The van der Waals surface area contributed by atoms with Gasteiger partial charge in [-0.3, -0.25) is 4.79 Å². The summed E-state index contributed by atoms with van der Waals surface area (Å²) in [5, 5.41) is 2.12. The van der Waals surface area contributed by atoms with Crippen LogP contribution in [0.25, 0.3) is 0 Å². The molecular weight excluding hydrogens is 406 g/mol. The monoisotopic (exact) mass is 441 g/mol. The summed E-state index contributed by atoms with van der Waals surface area (Å²) in [6.07, 6.45) is 0.860. The second kappa shape index (κ2) is 9.03. The molecule has 1 aromatic heterocycles. The van der Waals surface area contributed by atoms with Crippen molar-refractivity contribution >= 4 is 23.3 Å². The molecule has 31 heavy (non-hydrogen) atoms. The maximum absolute atomic E-state index is 13.5. The van der Waals surface area contributed by atoms with Crippen LogP contribution in [0.1, 0.15) is 62.2 Å². The van der Waals surface area contributed by atoms with Gasteiger partial charge in [0.25, 0.3) is 0 Å². The zero-order valence-corrected chi connectivity index (χ0v) is 20.6. The van der Waals surface area contributed by atoms with Crippen LogP contribution in [0.2, 0.25) is 0 Å². The van der Waals surface area contributed by atoms with E-state index in [1.54, 1.807) is 30.3 Å². The van der Waals surface area contributed by atoms with E-state index in [-0.39, 0.29) is 36.0 Å². The molecule has 0 fully saturated rings. The lowest BCUT2D eigenvalue weighted by molar-refractivity contribution is -0.134. The Bertz CT molecular complexity index is 925.